The number of likely N-dealkylation sites (tertiary alicyclic amines) is 1. The summed E-state index contributed by atoms with van der Waals surface area (Å²) in [7, 11) is 2.81. The summed E-state index contributed by atoms with van der Waals surface area (Å²) in [5.74, 6) is -6.50. The van der Waals surface area contributed by atoms with Crippen LogP contribution in [0.25, 0.3) is 6.08 Å². The summed E-state index contributed by atoms with van der Waals surface area (Å²) in [6, 6.07) is 6.86. The summed E-state index contributed by atoms with van der Waals surface area (Å²) in [5, 5.41) is 19.2. The number of carboxylic acid groups (broad SMARTS) is 1. The number of aromatic hydroxyl groups is 1. The number of halogens is 2. The van der Waals surface area contributed by atoms with Crippen molar-refractivity contribution in [1.82, 2.24) is 4.90 Å². The first-order valence-electron chi connectivity index (χ1n) is 16.6. The van der Waals surface area contributed by atoms with E-state index in [9.17, 15) is 33.5 Å². The highest BCUT2D eigenvalue weighted by Gasteiger charge is 2.66. The van der Waals surface area contributed by atoms with Crippen molar-refractivity contribution in [2.45, 2.75) is 45.4 Å². The van der Waals surface area contributed by atoms with Crippen molar-refractivity contribution in [3.8, 4) is 17.2 Å². The van der Waals surface area contributed by atoms with Gasteiger partial charge in [-0.1, -0.05) is 41.8 Å². The number of phenolic OH excluding ortho intramolecular Hbond substituents is 1. The van der Waals surface area contributed by atoms with Gasteiger partial charge in [-0.2, -0.15) is 0 Å². The summed E-state index contributed by atoms with van der Waals surface area (Å²) < 4.78 is 24.8. The van der Waals surface area contributed by atoms with Crippen molar-refractivity contribution in [3.63, 3.8) is 0 Å². The minimum atomic E-state index is -1.32. The number of anilines is 1. The van der Waals surface area contributed by atoms with Crippen LogP contribution in [0, 0.1) is 40.8 Å². The standard InChI is InChI=1S/C37H38ClFN2O9/c1-37-24(12-8-19-15-28(49-2)32(44)29(16-19)50-3)21-10-11-22-31(35(47)40(33(22)45)14-6-4-5-7-30(42)43)23(21)18-25(37)34(46)41(36(37)48)20-9-13-27(39)26(38)17-20/h8-10,12-13,15-17,22-25,31,44H,4-7,11,14,18H2,1-3H3,(H,42,43). The molecule has 3 fully saturated rings. The molecular weight excluding hydrogens is 671 g/mol. The quantitative estimate of drug-likeness (QED) is 0.172. The molecular formula is C37H38ClFN2O9. The van der Waals surface area contributed by atoms with Gasteiger partial charge in [0.25, 0.3) is 0 Å². The molecule has 13 heteroatoms. The second-order valence-corrected chi connectivity index (χ2v) is 13.9. The molecule has 0 bridgehead atoms. The van der Waals surface area contributed by atoms with E-state index in [1.807, 2.05) is 12.2 Å². The Morgan fingerprint density at radius 2 is 1.72 bits per heavy atom. The number of amides is 4. The molecule has 6 rings (SSSR count). The Morgan fingerprint density at radius 3 is 2.36 bits per heavy atom. The zero-order valence-electron chi connectivity index (χ0n) is 27.9. The molecule has 4 aliphatic rings. The molecule has 6 unspecified atom stereocenters. The first-order chi connectivity index (χ1) is 23.8. The number of fused-ring (bicyclic) bond motifs is 4. The third kappa shape index (κ3) is 5.73. The Morgan fingerprint density at radius 1 is 1.02 bits per heavy atom. The molecule has 264 valence electrons. The number of nitrogens with zero attached hydrogens (tertiary/aromatic N) is 2. The summed E-state index contributed by atoms with van der Waals surface area (Å²) in [4.78, 5) is 69.6. The van der Waals surface area contributed by atoms with Crippen LogP contribution in [-0.2, 0) is 24.0 Å². The van der Waals surface area contributed by atoms with Gasteiger partial charge in [0.15, 0.2) is 11.5 Å². The second kappa shape index (κ2) is 13.5. The van der Waals surface area contributed by atoms with Gasteiger partial charge in [0.2, 0.25) is 29.4 Å². The Bertz CT molecular complexity index is 1820. The lowest BCUT2D eigenvalue weighted by Crippen LogP contribution is -2.49. The smallest absolute Gasteiger partial charge is 0.303 e. The fourth-order valence-electron chi connectivity index (χ4n) is 8.31. The topological polar surface area (TPSA) is 151 Å². The molecule has 2 aromatic rings. The van der Waals surface area contributed by atoms with Gasteiger partial charge in [0.05, 0.1) is 48.1 Å². The van der Waals surface area contributed by atoms with E-state index in [0.717, 1.165) is 16.5 Å². The number of phenols is 1. The highest BCUT2D eigenvalue weighted by Crippen LogP contribution is 2.61. The number of benzene rings is 2. The maximum absolute atomic E-state index is 14.5. The lowest BCUT2D eigenvalue weighted by atomic mass is 9.52. The number of aliphatic carboxylic acids is 1. The number of carbonyl (C=O) groups excluding carboxylic acids is 4. The lowest BCUT2D eigenvalue weighted by molar-refractivity contribution is -0.141. The van der Waals surface area contributed by atoms with Gasteiger partial charge in [0, 0.05) is 18.9 Å². The van der Waals surface area contributed by atoms with Gasteiger partial charge in [0.1, 0.15) is 5.82 Å². The van der Waals surface area contributed by atoms with Crippen LogP contribution < -0.4 is 14.4 Å². The molecule has 0 radical (unpaired) electrons. The van der Waals surface area contributed by atoms with Crippen molar-refractivity contribution in [3.05, 3.63) is 64.5 Å². The van der Waals surface area contributed by atoms with Crippen molar-refractivity contribution in [2.75, 3.05) is 25.7 Å². The van der Waals surface area contributed by atoms with E-state index < -0.39 is 58.6 Å². The van der Waals surface area contributed by atoms with E-state index in [1.165, 1.54) is 31.3 Å². The minimum absolute atomic E-state index is 0.00909. The van der Waals surface area contributed by atoms with Crippen molar-refractivity contribution >= 4 is 53.0 Å². The van der Waals surface area contributed by atoms with Crippen molar-refractivity contribution in [2.24, 2.45) is 35.0 Å². The maximum atomic E-state index is 14.5. The lowest BCUT2D eigenvalue weighted by Gasteiger charge is -2.47. The number of unbranched alkanes of at least 4 members (excludes halogenated alkanes) is 2. The summed E-state index contributed by atoms with van der Waals surface area (Å²) in [6.45, 7) is 1.90. The van der Waals surface area contributed by atoms with E-state index in [-0.39, 0.29) is 65.6 Å². The van der Waals surface area contributed by atoms with Crippen LogP contribution in [0.3, 0.4) is 0 Å². The Kier molecular flexibility index (Phi) is 9.51. The number of carbonyl (C=O) groups is 5. The number of methoxy groups -OCH3 is 2. The number of hydrogen-bond donors (Lipinski definition) is 2. The van der Waals surface area contributed by atoms with Gasteiger partial charge in [-0.15, -0.1) is 0 Å². The van der Waals surface area contributed by atoms with Crippen LogP contribution in [0.2, 0.25) is 5.02 Å². The Balaban J connectivity index is 1.39. The van der Waals surface area contributed by atoms with E-state index in [1.54, 1.807) is 25.1 Å². The molecule has 50 heavy (non-hydrogen) atoms. The van der Waals surface area contributed by atoms with E-state index >= 15 is 0 Å². The first-order valence-corrected chi connectivity index (χ1v) is 16.9. The molecule has 2 aliphatic carbocycles. The molecule has 2 N–H and O–H groups in total. The van der Waals surface area contributed by atoms with Crippen LogP contribution in [0.1, 0.15) is 51.0 Å². The monoisotopic (exact) mass is 708 g/mol. The van der Waals surface area contributed by atoms with Gasteiger partial charge in [-0.25, -0.2) is 9.29 Å². The van der Waals surface area contributed by atoms with E-state index in [4.69, 9.17) is 26.2 Å². The van der Waals surface area contributed by atoms with Gasteiger partial charge in [-0.05, 0) is 74.4 Å². The van der Waals surface area contributed by atoms with Crippen LogP contribution >= 0.6 is 11.6 Å². The molecule has 4 amide bonds. The fourth-order valence-corrected chi connectivity index (χ4v) is 8.49. The van der Waals surface area contributed by atoms with Crippen molar-refractivity contribution < 1.29 is 48.0 Å². The largest absolute Gasteiger partial charge is 0.502 e. The zero-order valence-corrected chi connectivity index (χ0v) is 28.6. The predicted octanol–water partition coefficient (Wildman–Crippen LogP) is 5.62. The maximum Gasteiger partial charge on any atom is 0.303 e. The van der Waals surface area contributed by atoms with Gasteiger partial charge >= 0.3 is 5.97 Å². The Hall–Kier alpha value is -4.71. The normalized spacial score (nSPS) is 27.4. The molecule has 2 saturated heterocycles. The number of imide groups is 2. The number of ether oxygens (including phenoxy) is 2. The molecule has 1 saturated carbocycles. The molecule has 0 aromatic heterocycles. The molecule has 2 aliphatic heterocycles. The van der Waals surface area contributed by atoms with Crippen molar-refractivity contribution in [1.29, 1.82) is 0 Å². The third-order valence-electron chi connectivity index (χ3n) is 10.9. The van der Waals surface area contributed by atoms with Crippen LogP contribution in [0.15, 0.2) is 48.1 Å². The first kappa shape index (κ1) is 35.1. The molecule has 2 aromatic carbocycles. The Labute approximate surface area is 293 Å². The second-order valence-electron chi connectivity index (χ2n) is 13.5. The van der Waals surface area contributed by atoms with Gasteiger partial charge in [-0.3, -0.25) is 28.9 Å². The van der Waals surface area contributed by atoms with Crippen LogP contribution in [0.5, 0.6) is 17.2 Å². The number of carboxylic acids is 1. The summed E-state index contributed by atoms with van der Waals surface area (Å²) >= 11 is 6.07. The third-order valence-corrected chi connectivity index (χ3v) is 11.1. The average molecular weight is 709 g/mol. The van der Waals surface area contributed by atoms with Crippen LogP contribution in [0.4, 0.5) is 10.1 Å². The molecule has 11 nitrogen and oxygen atoms in total. The number of hydrogen-bond acceptors (Lipinski definition) is 8. The van der Waals surface area contributed by atoms with E-state index in [2.05, 4.69) is 0 Å². The molecule has 6 atom stereocenters. The summed E-state index contributed by atoms with van der Waals surface area (Å²) in [5.41, 5.74) is 0.176. The highest BCUT2D eigenvalue weighted by atomic mass is 35.5. The summed E-state index contributed by atoms with van der Waals surface area (Å²) in [6.07, 6.45) is 7.38. The number of rotatable bonds is 11. The number of allylic oxidation sites excluding steroid dienone is 3. The minimum Gasteiger partial charge on any atom is -0.502 e. The highest BCUT2D eigenvalue weighted by molar-refractivity contribution is 6.31. The molecule has 2 heterocycles. The fraction of sp³-hybridized carbons (Fsp3) is 0.432. The van der Waals surface area contributed by atoms with E-state index in [0.29, 0.717) is 24.8 Å². The zero-order chi connectivity index (χ0) is 36.1. The van der Waals surface area contributed by atoms with Gasteiger partial charge < -0.3 is 19.7 Å². The average Bonchev–Trinajstić information content (AvgIpc) is 3.44. The van der Waals surface area contributed by atoms with Crippen LogP contribution in [-0.4, -0.2) is 65.5 Å². The molecule has 0 spiro atoms. The predicted molar refractivity (Wildman–Crippen MR) is 180 cm³/mol. The SMILES string of the molecule is COc1cc(C=CC2C3=CCC4C(=O)N(CCCCCC(=O)O)C(=O)C4C3CC3C(=O)N(c4ccc(F)c(Cl)c4)C(=O)C23C)cc(OC)c1O.